The van der Waals surface area contributed by atoms with Gasteiger partial charge >= 0.3 is 0 Å². The predicted molar refractivity (Wildman–Crippen MR) is 69.3 cm³/mol. The molecule has 0 heterocycles. The molecule has 0 fully saturated rings. The van der Waals surface area contributed by atoms with Crippen molar-refractivity contribution in [2.75, 3.05) is 28.3 Å². The first kappa shape index (κ1) is 10.6. The monoisotopic (exact) mass is 303 g/mol. The third kappa shape index (κ3) is 1.46. The van der Waals surface area contributed by atoms with Crippen molar-refractivity contribution in [3.8, 4) is 12.5 Å². The van der Waals surface area contributed by atoms with Crippen LogP contribution in [0.5, 0.6) is 0 Å². The van der Waals surface area contributed by atoms with Gasteiger partial charge in [-0.05, 0) is 22.6 Å². The minimum Gasteiger partial charge on any atom is -0.396 e. The number of nitrogens with one attached hydrogen (secondary N) is 1. The maximum absolute atomic E-state index is 5.72. The summed E-state index contributed by atoms with van der Waals surface area (Å²) in [4.78, 5) is 0. The molecule has 5 nitrogen and oxygen atoms in total. The van der Waals surface area contributed by atoms with Gasteiger partial charge < -0.3 is 28.3 Å². The Balaban J connectivity index is 3.53. The Morgan fingerprint density at radius 2 is 1.43 bits per heavy atom. The summed E-state index contributed by atoms with van der Waals surface area (Å²) in [7, 11) is 0. The zero-order chi connectivity index (χ0) is 10.9. The molecule has 0 radical (unpaired) electrons. The molecule has 0 bridgehead atoms. The Labute approximate surface area is 95.3 Å². The first-order valence-electron chi connectivity index (χ1n) is 3.63. The Bertz CT molecular complexity index is 392. The number of hydrogen-bond donors (Lipinski definition) is 5. The lowest BCUT2D eigenvalue weighted by Gasteiger charge is -2.14. The van der Waals surface area contributed by atoms with Crippen LogP contribution in [0.15, 0.2) is 0 Å². The Morgan fingerprint density at radius 1 is 1.00 bits per heavy atom. The van der Waals surface area contributed by atoms with Crippen LogP contribution in [0.1, 0.15) is 0 Å². The molecule has 0 aliphatic heterocycles. The van der Waals surface area contributed by atoms with E-state index in [-0.39, 0.29) is 0 Å². The van der Waals surface area contributed by atoms with Crippen LogP contribution < -0.4 is 28.3 Å². The number of terminal acetylenes is 1. The fourth-order valence-electron chi connectivity index (χ4n) is 1.00. The van der Waals surface area contributed by atoms with Crippen LogP contribution in [0.2, 0.25) is 0 Å². The van der Waals surface area contributed by atoms with Crippen molar-refractivity contribution in [2.45, 2.75) is 0 Å². The first-order chi connectivity index (χ1) is 6.50. The lowest BCUT2D eigenvalue weighted by Crippen LogP contribution is -2.09. The van der Waals surface area contributed by atoms with Crippen molar-refractivity contribution in [3.63, 3.8) is 0 Å². The summed E-state index contributed by atoms with van der Waals surface area (Å²) in [6.45, 7) is 0. The van der Waals surface area contributed by atoms with E-state index in [1.807, 2.05) is 22.6 Å². The van der Waals surface area contributed by atoms with Crippen LogP contribution in [0.4, 0.5) is 28.4 Å². The van der Waals surface area contributed by atoms with E-state index in [1.54, 1.807) is 0 Å². The summed E-state index contributed by atoms with van der Waals surface area (Å²) in [5.74, 6) is 0. The second kappa shape index (κ2) is 3.71. The van der Waals surface area contributed by atoms with Gasteiger partial charge in [-0.15, -0.1) is 0 Å². The lowest BCUT2D eigenvalue weighted by molar-refractivity contribution is 1.56. The zero-order valence-electron chi connectivity index (χ0n) is 7.26. The van der Waals surface area contributed by atoms with Gasteiger partial charge in [0, 0.05) is 6.04 Å². The standard InChI is InChI=1S/C8H10IN5/c1-2-14-8-6(12)4(10)3(9)5(11)7(8)13/h1,14H,10-13H2. The number of nitrogen functional groups attached to an aromatic ring is 4. The van der Waals surface area contributed by atoms with E-state index >= 15 is 0 Å². The van der Waals surface area contributed by atoms with Crippen LogP contribution in [-0.4, -0.2) is 0 Å². The topological polar surface area (TPSA) is 116 Å². The van der Waals surface area contributed by atoms with E-state index in [0.717, 1.165) is 0 Å². The van der Waals surface area contributed by atoms with Crippen molar-refractivity contribution in [1.29, 1.82) is 0 Å². The highest BCUT2D eigenvalue weighted by Gasteiger charge is 2.15. The van der Waals surface area contributed by atoms with Crippen LogP contribution in [0, 0.1) is 16.0 Å². The summed E-state index contributed by atoms with van der Waals surface area (Å²) >= 11 is 1.98. The van der Waals surface area contributed by atoms with E-state index in [9.17, 15) is 0 Å². The fourth-order valence-corrected chi connectivity index (χ4v) is 1.58. The molecule has 14 heavy (non-hydrogen) atoms. The van der Waals surface area contributed by atoms with Gasteiger partial charge in [0.05, 0.1) is 32.0 Å². The third-order valence-electron chi connectivity index (χ3n) is 1.79. The fraction of sp³-hybridized carbons (Fsp3) is 0. The predicted octanol–water partition coefficient (Wildman–Crippen LogP) is 0.623. The van der Waals surface area contributed by atoms with Crippen LogP contribution in [0.25, 0.3) is 0 Å². The molecule has 0 aliphatic rings. The smallest absolute Gasteiger partial charge is 0.0966 e. The number of anilines is 5. The number of nitrogens with two attached hydrogens (primary N) is 4. The van der Waals surface area contributed by atoms with Crippen molar-refractivity contribution in [2.24, 2.45) is 0 Å². The van der Waals surface area contributed by atoms with Crippen molar-refractivity contribution >= 4 is 51.0 Å². The normalized spacial score (nSPS) is 9.43. The van der Waals surface area contributed by atoms with Gasteiger partial charge in [0.15, 0.2) is 0 Å². The van der Waals surface area contributed by atoms with Gasteiger partial charge in [-0.2, -0.15) is 0 Å². The van der Waals surface area contributed by atoms with Gasteiger partial charge in [-0.3, -0.25) is 0 Å². The second-order valence-electron chi connectivity index (χ2n) is 2.61. The Kier molecular flexibility index (Phi) is 2.81. The minimum atomic E-state index is 0.319. The number of halogens is 1. The quantitative estimate of drug-likeness (QED) is 0.226. The molecule has 0 unspecified atom stereocenters. The molecule has 0 saturated heterocycles. The van der Waals surface area contributed by atoms with Crippen LogP contribution in [0.3, 0.4) is 0 Å². The molecule has 0 aliphatic carbocycles. The molecular weight excluding hydrogens is 293 g/mol. The van der Waals surface area contributed by atoms with E-state index < -0.39 is 0 Å². The van der Waals surface area contributed by atoms with E-state index in [2.05, 4.69) is 11.4 Å². The summed E-state index contributed by atoms with van der Waals surface area (Å²) < 4.78 is 0.639. The highest BCUT2D eigenvalue weighted by atomic mass is 127. The second-order valence-corrected chi connectivity index (χ2v) is 3.69. The maximum Gasteiger partial charge on any atom is 0.0966 e. The first-order valence-corrected chi connectivity index (χ1v) is 4.71. The molecule has 0 saturated carbocycles. The highest BCUT2D eigenvalue weighted by Crippen LogP contribution is 2.40. The van der Waals surface area contributed by atoms with Gasteiger partial charge in [-0.25, -0.2) is 0 Å². The summed E-state index contributed by atoms with van der Waals surface area (Å²) in [6.07, 6.45) is 5.08. The molecule has 0 spiro atoms. The SMILES string of the molecule is C#CNc1c(N)c(N)c(I)c(N)c1N. The number of rotatable bonds is 1. The largest absolute Gasteiger partial charge is 0.396 e. The number of benzene rings is 1. The van der Waals surface area contributed by atoms with E-state index in [1.165, 1.54) is 0 Å². The summed E-state index contributed by atoms with van der Waals surface area (Å²) in [5, 5.41) is 2.57. The Morgan fingerprint density at radius 3 is 1.79 bits per heavy atom. The molecule has 6 heteroatoms. The molecule has 9 N–H and O–H groups in total. The van der Waals surface area contributed by atoms with Crippen molar-refractivity contribution in [3.05, 3.63) is 3.57 Å². The number of hydrogen-bond acceptors (Lipinski definition) is 5. The summed E-state index contributed by atoms with van der Waals surface area (Å²) in [5.41, 5.74) is 24.6. The zero-order valence-corrected chi connectivity index (χ0v) is 9.42. The molecule has 0 aromatic heterocycles. The molecular formula is C8H10IN5. The third-order valence-corrected chi connectivity index (χ3v) is 2.95. The maximum atomic E-state index is 5.72. The van der Waals surface area contributed by atoms with Gasteiger partial charge in [0.25, 0.3) is 0 Å². The van der Waals surface area contributed by atoms with Crippen molar-refractivity contribution < 1.29 is 0 Å². The molecule has 74 valence electrons. The van der Waals surface area contributed by atoms with Crippen LogP contribution in [-0.2, 0) is 0 Å². The molecule has 1 aromatic rings. The molecule has 1 rings (SSSR count). The average molecular weight is 303 g/mol. The minimum absolute atomic E-state index is 0.319. The van der Waals surface area contributed by atoms with E-state index in [0.29, 0.717) is 32.0 Å². The van der Waals surface area contributed by atoms with Crippen LogP contribution >= 0.6 is 22.6 Å². The average Bonchev–Trinajstić information content (AvgIpc) is 2.19. The molecule has 0 amide bonds. The molecule has 0 atom stereocenters. The van der Waals surface area contributed by atoms with Gasteiger partial charge in [0.2, 0.25) is 0 Å². The Hall–Kier alpha value is -1.49. The lowest BCUT2D eigenvalue weighted by atomic mass is 10.1. The van der Waals surface area contributed by atoms with E-state index in [4.69, 9.17) is 29.4 Å². The van der Waals surface area contributed by atoms with Gasteiger partial charge in [-0.1, -0.05) is 6.42 Å². The molecule has 1 aromatic carbocycles. The summed E-state index contributed by atoms with van der Waals surface area (Å²) in [6, 6.07) is 2.22. The highest BCUT2D eigenvalue weighted by molar-refractivity contribution is 14.1. The van der Waals surface area contributed by atoms with Gasteiger partial charge in [0.1, 0.15) is 0 Å². The van der Waals surface area contributed by atoms with Crippen molar-refractivity contribution in [1.82, 2.24) is 0 Å².